The second-order valence-electron chi connectivity index (χ2n) is 4.00. The van der Waals surface area contributed by atoms with E-state index in [1.807, 2.05) is 0 Å². The van der Waals surface area contributed by atoms with Gasteiger partial charge in [0, 0.05) is 18.4 Å². The van der Waals surface area contributed by atoms with E-state index in [-0.39, 0.29) is 17.4 Å². The summed E-state index contributed by atoms with van der Waals surface area (Å²) in [5, 5.41) is 8.82. The maximum Gasteiger partial charge on any atom is 0.337 e. The smallest absolute Gasteiger partial charge is 0.337 e. The average Bonchev–Trinajstić information content (AvgIpc) is 2.78. The lowest BCUT2D eigenvalue weighted by Crippen LogP contribution is -2.16. The highest BCUT2D eigenvalue weighted by Crippen LogP contribution is 2.21. The maximum atomic E-state index is 10.8. The lowest BCUT2D eigenvalue weighted by molar-refractivity contribution is 0.0676. The molecule has 1 heterocycles. The van der Waals surface area contributed by atoms with Crippen molar-refractivity contribution in [1.29, 1.82) is 0 Å². The third kappa shape index (κ3) is 2.88. The Bertz CT molecular complexity index is 413. The van der Waals surface area contributed by atoms with Crippen LogP contribution in [0.25, 0.3) is 0 Å². The summed E-state index contributed by atoms with van der Waals surface area (Å²) >= 11 is 0. The molecule has 1 aromatic rings. The summed E-state index contributed by atoms with van der Waals surface area (Å²) in [6.45, 7) is 1.26. The molecule has 0 spiro atoms. The quantitative estimate of drug-likeness (QED) is 0.776. The van der Waals surface area contributed by atoms with Gasteiger partial charge in [0.25, 0.3) is 0 Å². The lowest BCUT2D eigenvalue weighted by atomic mass is 10.2. The summed E-state index contributed by atoms with van der Waals surface area (Å²) < 4.78 is 10.9. The zero-order chi connectivity index (χ0) is 12.3. The van der Waals surface area contributed by atoms with E-state index in [0.717, 1.165) is 19.4 Å². The molecule has 0 aliphatic carbocycles. The SMILES string of the molecule is Nc1cc(OCC2CCCO2)ccc1C(=O)O. The number of ether oxygens (including phenoxy) is 2. The molecule has 0 bridgehead atoms. The maximum absolute atomic E-state index is 10.8. The van der Waals surface area contributed by atoms with Gasteiger partial charge in [-0.2, -0.15) is 0 Å². The number of hydrogen-bond acceptors (Lipinski definition) is 4. The number of nitrogens with two attached hydrogens (primary N) is 1. The number of rotatable bonds is 4. The molecule has 1 unspecified atom stereocenters. The van der Waals surface area contributed by atoms with Gasteiger partial charge < -0.3 is 20.3 Å². The van der Waals surface area contributed by atoms with Gasteiger partial charge in [-0.05, 0) is 25.0 Å². The highest BCUT2D eigenvalue weighted by molar-refractivity contribution is 5.93. The minimum atomic E-state index is -1.03. The fourth-order valence-electron chi connectivity index (χ4n) is 1.79. The van der Waals surface area contributed by atoms with Gasteiger partial charge in [0.2, 0.25) is 0 Å². The Hall–Kier alpha value is -1.75. The Morgan fingerprint density at radius 3 is 3.00 bits per heavy atom. The summed E-state index contributed by atoms with van der Waals surface area (Å²) in [6.07, 6.45) is 2.20. The number of carbonyl (C=O) groups is 1. The molecule has 1 aromatic carbocycles. The van der Waals surface area contributed by atoms with Crippen LogP contribution in [0.5, 0.6) is 5.75 Å². The second-order valence-corrected chi connectivity index (χ2v) is 4.00. The molecule has 0 amide bonds. The fraction of sp³-hybridized carbons (Fsp3) is 0.417. The molecular formula is C12H15NO4. The number of carboxylic acid groups (broad SMARTS) is 1. The van der Waals surface area contributed by atoms with E-state index < -0.39 is 5.97 Å². The van der Waals surface area contributed by atoms with E-state index in [0.29, 0.717) is 12.4 Å². The van der Waals surface area contributed by atoms with E-state index in [4.69, 9.17) is 20.3 Å². The van der Waals surface area contributed by atoms with Crippen LogP contribution in [-0.4, -0.2) is 30.4 Å². The van der Waals surface area contributed by atoms with Crippen molar-refractivity contribution < 1.29 is 19.4 Å². The summed E-state index contributed by atoms with van der Waals surface area (Å²) in [5.74, 6) is -0.462. The predicted molar refractivity (Wildman–Crippen MR) is 62.3 cm³/mol. The fourth-order valence-corrected chi connectivity index (χ4v) is 1.79. The lowest BCUT2D eigenvalue weighted by Gasteiger charge is -2.12. The molecule has 1 aliphatic rings. The second kappa shape index (κ2) is 5.05. The standard InChI is InChI=1S/C12H15NO4/c13-11-6-8(3-4-10(11)12(14)15)17-7-9-2-1-5-16-9/h3-4,6,9H,1-2,5,7,13H2,(H,14,15). The topological polar surface area (TPSA) is 81.8 Å². The van der Waals surface area contributed by atoms with Crippen LogP contribution in [0.1, 0.15) is 23.2 Å². The van der Waals surface area contributed by atoms with Crippen LogP contribution in [0.15, 0.2) is 18.2 Å². The molecule has 92 valence electrons. The van der Waals surface area contributed by atoms with Gasteiger partial charge in [-0.25, -0.2) is 4.79 Å². The number of anilines is 1. The average molecular weight is 237 g/mol. The van der Waals surface area contributed by atoms with Crippen LogP contribution >= 0.6 is 0 Å². The molecule has 3 N–H and O–H groups in total. The van der Waals surface area contributed by atoms with Crippen molar-refractivity contribution in [1.82, 2.24) is 0 Å². The minimum absolute atomic E-state index is 0.0921. The first-order valence-corrected chi connectivity index (χ1v) is 5.54. The van der Waals surface area contributed by atoms with Crippen LogP contribution in [-0.2, 0) is 4.74 Å². The third-order valence-electron chi connectivity index (χ3n) is 2.71. The first-order valence-electron chi connectivity index (χ1n) is 5.54. The summed E-state index contributed by atoms with van der Waals surface area (Å²) in [4.78, 5) is 10.8. The Balaban J connectivity index is 1.97. The van der Waals surface area contributed by atoms with Crippen molar-refractivity contribution in [3.8, 4) is 5.75 Å². The van der Waals surface area contributed by atoms with Crippen LogP contribution in [0, 0.1) is 0 Å². The summed E-state index contributed by atoms with van der Waals surface area (Å²) in [7, 11) is 0. The monoisotopic (exact) mass is 237 g/mol. The highest BCUT2D eigenvalue weighted by Gasteiger charge is 2.16. The van der Waals surface area contributed by atoms with Crippen molar-refractivity contribution >= 4 is 11.7 Å². The van der Waals surface area contributed by atoms with Gasteiger partial charge in [-0.3, -0.25) is 0 Å². The molecule has 1 fully saturated rings. The molecule has 0 radical (unpaired) electrons. The number of nitrogen functional groups attached to an aromatic ring is 1. The van der Waals surface area contributed by atoms with Gasteiger partial charge >= 0.3 is 5.97 Å². The van der Waals surface area contributed by atoms with Crippen molar-refractivity contribution in [2.45, 2.75) is 18.9 Å². The van der Waals surface area contributed by atoms with Crippen LogP contribution in [0.3, 0.4) is 0 Å². The first kappa shape index (κ1) is 11.7. The Morgan fingerprint density at radius 1 is 1.59 bits per heavy atom. The summed E-state index contributed by atoms with van der Waals surface area (Å²) in [5.41, 5.74) is 5.92. The largest absolute Gasteiger partial charge is 0.491 e. The van der Waals surface area contributed by atoms with Gasteiger partial charge in [-0.1, -0.05) is 0 Å². The predicted octanol–water partition coefficient (Wildman–Crippen LogP) is 1.52. The van der Waals surface area contributed by atoms with E-state index >= 15 is 0 Å². The molecule has 0 aromatic heterocycles. The normalized spacial score (nSPS) is 19.2. The molecule has 5 nitrogen and oxygen atoms in total. The zero-order valence-corrected chi connectivity index (χ0v) is 9.39. The van der Waals surface area contributed by atoms with Crippen molar-refractivity contribution in [2.24, 2.45) is 0 Å². The number of benzene rings is 1. The Kier molecular flexibility index (Phi) is 3.49. The molecule has 1 atom stereocenters. The highest BCUT2D eigenvalue weighted by atomic mass is 16.5. The van der Waals surface area contributed by atoms with E-state index in [9.17, 15) is 4.79 Å². The summed E-state index contributed by atoms with van der Waals surface area (Å²) in [6, 6.07) is 4.58. The Labute approximate surface area is 99.1 Å². The molecule has 1 saturated heterocycles. The molecule has 17 heavy (non-hydrogen) atoms. The third-order valence-corrected chi connectivity index (χ3v) is 2.71. The Morgan fingerprint density at radius 2 is 2.41 bits per heavy atom. The van der Waals surface area contributed by atoms with Crippen LogP contribution in [0.2, 0.25) is 0 Å². The first-order chi connectivity index (χ1) is 8.16. The minimum Gasteiger partial charge on any atom is -0.491 e. The van der Waals surface area contributed by atoms with Gasteiger partial charge in [0.1, 0.15) is 12.4 Å². The van der Waals surface area contributed by atoms with Gasteiger partial charge in [0.15, 0.2) is 0 Å². The van der Waals surface area contributed by atoms with Gasteiger partial charge in [-0.15, -0.1) is 0 Å². The van der Waals surface area contributed by atoms with Crippen LogP contribution < -0.4 is 10.5 Å². The molecule has 1 aliphatic heterocycles. The number of aromatic carboxylic acids is 1. The van der Waals surface area contributed by atoms with Crippen molar-refractivity contribution in [3.63, 3.8) is 0 Å². The number of hydrogen-bond donors (Lipinski definition) is 2. The van der Waals surface area contributed by atoms with Crippen molar-refractivity contribution in [2.75, 3.05) is 18.9 Å². The van der Waals surface area contributed by atoms with Crippen molar-refractivity contribution in [3.05, 3.63) is 23.8 Å². The van der Waals surface area contributed by atoms with E-state index in [1.165, 1.54) is 12.1 Å². The van der Waals surface area contributed by atoms with Crippen LogP contribution in [0.4, 0.5) is 5.69 Å². The zero-order valence-electron chi connectivity index (χ0n) is 9.39. The van der Waals surface area contributed by atoms with E-state index in [2.05, 4.69) is 0 Å². The van der Waals surface area contributed by atoms with Gasteiger partial charge in [0.05, 0.1) is 11.7 Å². The molecule has 0 saturated carbocycles. The number of carboxylic acids is 1. The molecule has 5 heteroatoms. The molecule has 2 rings (SSSR count). The van der Waals surface area contributed by atoms with E-state index in [1.54, 1.807) is 6.07 Å². The molecular weight excluding hydrogens is 222 g/mol.